The second-order valence-electron chi connectivity index (χ2n) is 3.45. The summed E-state index contributed by atoms with van der Waals surface area (Å²) in [6, 6.07) is 2.46. The lowest BCUT2D eigenvalue weighted by Crippen LogP contribution is -2.07. The molecule has 0 atom stereocenters. The monoisotopic (exact) mass is 237 g/mol. The van der Waals surface area contributed by atoms with E-state index in [1.165, 1.54) is 19.2 Å². The zero-order valence-electron chi connectivity index (χ0n) is 9.43. The lowest BCUT2D eigenvalue weighted by molar-refractivity contribution is -0.384. The molecule has 6 heteroatoms. The molecule has 0 amide bonds. The van der Waals surface area contributed by atoms with Crippen LogP contribution < -0.4 is 0 Å². The Kier molecular flexibility index (Phi) is 3.92. The molecule has 0 aliphatic carbocycles. The van der Waals surface area contributed by atoms with Gasteiger partial charge in [0.25, 0.3) is 5.69 Å². The fraction of sp³-hybridized carbons (Fsp3) is 0.273. The van der Waals surface area contributed by atoms with Gasteiger partial charge in [-0.15, -0.1) is 0 Å². The van der Waals surface area contributed by atoms with Crippen molar-refractivity contribution in [2.75, 3.05) is 7.11 Å². The van der Waals surface area contributed by atoms with Gasteiger partial charge in [0, 0.05) is 17.7 Å². The molecule has 0 N–H and O–H groups in total. The SMILES string of the molecule is COC(=O)Cc1cc([N+](=O)[O-])cc(C=O)c1C. The van der Waals surface area contributed by atoms with Crippen molar-refractivity contribution in [1.82, 2.24) is 0 Å². The van der Waals surface area contributed by atoms with Crippen LogP contribution in [0.4, 0.5) is 5.69 Å². The van der Waals surface area contributed by atoms with Crippen molar-refractivity contribution in [1.29, 1.82) is 0 Å². The van der Waals surface area contributed by atoms with Crippen LogP contribution in [0.3, 0.4) is 0 Å². The van der Waals surface area contributed by atoms with E-state index in [9.17, 15) is 19.7 Å². The van der Waals surface area contributed by atoms with Gasteiger partial charge in [0.1, 0.15) is 0 Å². The first-order valence-corrected chi connectivity index (χ1v) is 4.79. The van der Waals surface area contributed by atoms with Crippen molar-refractivity contribution in [3.05, 3.63) is 38.9 Å². The lowest BCUT2D eigenvalue weighted by Gasteiger charge is -2.06. The average Bonchev–Trinajstić information content (AvgIpc) is 2.31. The highest BCUT2D eigenvalue weighted by Gasteiger charge is 2.15. The third-order valence-electron chi connectivity index (χ3n) is 2.44. The number of non-ortho nitro benzene ring substituents is 1. The average molecular weight is 237 g/mol. The van der Waals surface area contributed by atoms with Crippen LogP contribution in [0.1, 0.15) is 21.5 Å². The molecule has 0 fully saturated rings. The first-order valence-electron chi connectivity index (χ1n) is 4.79. The highest BCUT2D eigenvalue weighted by Crippen LogP contribution is 2.21. The van der Waals surface area contributed by atoms with Crippen molar-refractivity contribution in [2.24, 2.45) is 0 Å². The zero-order chi connectivity index (χ0) is 13.0. The number of benzene rings is 1. The van der Waals surface area contributed by atoms with E-state index >= 15 is 0 Å². The van der Waals surface area contributed by atoms with Crippen LogP contribution in [0.5, 0.6) is 0 Å². The fourth-order valence-electron chi connectivity index (χ4n) is 1.42. The van der Waals surface area contributed by atoms with E-state index in [2.05, 4.69) is 4.74 Å². The van der Waals surface area contributed by atoms with Gasteiger partial charge in [-0.05, 0) is 18.1 Å². The second-order valence-corrected chi connectivity index (χ2v) is 3.45. The van der Waals surface area contributed by atoms with Gasteiger partial charge >= 0.3 is 5.97 Å². The largest absolute Gasteiger partial charge is 0.469 e. The van der Waals surface area contributed by atoms with Gasteiger partial charge in [-0.3, -0.25) is 19.7 Å². The molecule has 0 aromatic heterocycles. The van der Waals surface area contributed by atoms with Crippen molar-refractivity contribution in [2.45, 2.75) is 13.3 Å². The number of esters is 1. The summed E-state index contributed by atoms with van der Waals surface area (Å²) in [6.07, 6.45) is 0.438. The van der Waals surface area contributed by atoms with E-state index in [-0.39, 0.29) is 17.7 Å². The Morgan fingerprint density at radius 1 is 1.53 bits per heavy atom. The maximum atomic E-state index is 11.1. The van der Waals surface area contributed by atoms with Crippen molar-refractivity contribution >= 4 is 17.9 Å². The number of carbonyl (C=O) groups excluding carboxylic acids is 2. The Morgan fingerprint density at radius 2 is 2.18 bits per heavy atom. The smallest absolute Gasteiger partial charge is 0.309 e. The maximum absolute atomic E-state index is 11.1. The third-order valence-corrected chi connectivity index (χ3v) is 2.44. The first kappa shape index (κ1) is 12.8. The predicted molar refractivity (Wildman–Crippen MR) is 58.9 cm³/mol. The quantitative estimate of drug-likeness (QED) is 0.342. The molecule has 1 aromatic rings. The van der Waals surface area contributed by atoms with Crippen molar-refractivity contribution in [3.63, 3.8) is 0 Å². The summed E-state index contributed by atoms with van der Waals surface area (Å²) in [7, 11) is 1.23. The summed E-state index contributed by atoms with van der Waals surface area (Å²) in [4.78, 5) is 32.0. The van der Waals surface area contributed by atoms with Crippen molar-refractivity contribution in [3.8, 4) is 0 Å². The highest BCUT2D eigenvalue weighted by molar-refractivity contribution is 5.81. The molecular weight excluding hydrogens is 226 g/mol. The summed E-state index contributed by atoms with van der Waals surface area (Å²) in [6.45, 7) is 1.63. The van der Waals surface area contributed by atoms with E-state index in [4.69, 9.17) is 0 Å². The molecule has 0 saturated heterocycles. The Labute approximate surface area is 97.3 Å². The van der Waals surface area contributed by atoms with Gasteiger partial charge in [-0.25, -0.2) is 0 Å². The van der Waals surface area contributed by atoms with Crippen LogP contribution in [0.2, 0.25) is 0 Å². The number of rotatable bonds is 4. The van der Waals surface area contributed by atoms with E-state index in [0.29, 0.717) is 17.4 Å². The number of nitro benzene ring substituents is 1. The van der Waals surface area contributed by atoms with Gasteiger partial charge in [0.2, 0.25) is 0 Å². The second kappa shape index (κ2) is 5.20. The number of aldehydes is 1. The minimum Gasteiger partial charge on any atom is -0.469 e. The fourth-order valence-corrected chi connectivity index (χ4v) is 1.42. The molecule has 90 valence electrons. The Bertz CT molecular complexity index is 481. The molecule has 0 aliphatic heterocycles. The number of hydrogen-bond donors (Lipinski definition) is 0. The van der Waals surface area contributed by atoms with Crippen molar-refractivity contribution < 1.29 is 19.2 Å². The van der Waals surface area contributed by atoms with Crippen LogP contribution in [-0.2, 0) is 16.0 Å². The molecule has 0 saturated carbocycles. The molecule has 0 spiro atoms. The maximum Gasteiger partial charge on any atom is 0.309 e. The van der Waals surface area contributed by atoms with Gasteiger partial charge in [0.05, 0.1) is 18.5 Å². The standard InChI is InChI=1S/C11H11NO5/c1-7-8(5-11(14)17-2)3-10(12(15)16)4-9(7)6-13/h3-4,6H,5H2,1-2H3. The minimum atomic E-state index is -0.604. The Balaban J connectivity index is 3.27. The lowest BCUT2D eigenvalue weighted by atomic mass is 9.99. The normalized spacial score (nSPS) is 9.76. The molecule has 0 radical (unpaired) electrons. The third kappa shape index (κ3) is 2.87. The molecule has 0 bridgehead atoms. The van der Waals surface area contributed by atoms with Crippen LogP contribution in [0, 0.1) is 17.0 Å². The summed E-state index contributed by atoms with van der Waals surface area (Å²) >= 11 is 0. The number of nitrogens with zero attached hydrogens (tertiary/aromatic N) is 1. The molecule has 0 heterocycles. The summed E-state index contributed by atoms with van der Waals surface area (Å²) in [5.74, 6) is -0.509. The van der Waals surface area contributed by atoms with E-state index in [1.807, 2.05) is 0 Å². The molecule has 0 unspecified atom stereocenters. The molecular formula is C11H11NO5. The van der Waals surface area contributed by atoms with Crippen LogP contribution in [0.15, 0.2) is 12.1 Å². The van der Waals surface area contributed by atoms with E-state index < -0.39 is 10.9 Å². The Hall–Kier alpha value is -2.24. The summed E-state index contributed by atoms with van der Waals surface area (Å²) in [5.41, 5.74) is 0.971. The molecule has 1 aromatic carbocycles. The number of hydrogen-bond acceptors (Lipinski definition) is 5. The molecule has 17 heavy (non-hydrogen) atoms. The van der Waals surface area contributed by atoms with Gasteiger partial charge in [-0.1, -0.05) is 0 Å². The number of carbonyl (C=O) groups is 2. The van der Waals surface area contributed by atoms with Gasteiger partial charge in [-0.2, -0.15) is 0 Å². The molecule has 0 aliphatic rings. The predicted octanol–water partition coefficient (Wildman–Crippen LogP) is 1.43. The first-order chi connectivity index (χ1) is 7.99. The summed E-state index contributed by atoms with van der Waals surface area (Å²) in [5, 5.41) is 10.7. The topological polar surface area (TPSA) is 86.5 Å². The highest BCUT2D eigenvalue weighted by atomic mass is 16.6. The van der Waals surface area contributed by atoms with E-state index in [0.717, 1.165) is 0 Å². The van der Waals surface area contributed by atoms with Crippen LogP contribution in [-0.4, -0.2) is 24.3 Å². The molecule has 6 nitrogen and oxygen atoms in total. The number of nitro groups is 1. The number of methoxy groups -OCH3 is 1. The van der Waals surface area contributed by atoms with Crippen LogP contribution in [0.25, 0.3) is 0 Å². The number of ether oxygens (including phenoxy) is 1. The van der Waals surface area contributed by atoms with Gasteiger partial charge < -0.3 is 4.74 Å². The zero-order valence-corrected chi connectivity index (χ0v) is 9.43. The minimum absolute atomic E-state index is 0.0924. The molecule has 1 rings (SSSR count). The van der Waals surface area contributed by atoms with Crippen LogP contribution >= 0.6 is 0 Å². The Morgan fingerprint density at radius 3 is 2.65 bits per heavy atom. The summed E-state index contributed by atoms with van der Waals surface area (Å²) < 4.78 is 4.49. The van der Waals surface area contributed by atoms with Gasteiger partial charge in [0.15, 0.2) is 6.29 Å². The van der Waals surface area contributed by atoms with E-state index in [1.54, 1.807) is 6.92 Å².